The Hall–Kier alpha value is -3.64. The fraction of sp³-hybridized carbons (Fsp3) is 0.512. The third-order valence-electron chi connectivity index (χ3n) is 11.4. The van der Waals surface area contributed by atoms with Crippen LogP contribution in [0.15, 0.2) is 65.2 Å². The van der Waals surface area contributed by atoms with E-state index < -0.39 is 21.7 Å². The quantitative estimate of drug-likeness (QED) is 0.276. The Morgan fingerprint density at radius 3 is 2.72 bits per heavy atom. The molecule has 2 unspecified atom stereocenters. The Bertz CT molecular complexity index is 1990. The number of allylic oxidation sites excluding steroid dienone is 1. The van der Waals surface area contributed by atoms with Crippen molar-refractivity contribution in [2.45, 2.75) is 83.6 Å². The van der Waals surface area contributed by atoms with E-state index in [1.54, 1.807) is 26.5 Å². The minimum atomic E-state index is -3.54. The molecule has 7 rings (SSSR count). The first-order valence-corrected chi connectivity index (χ1v) is 21.0. The van der Waals surface area contributed by atoms with Crippen LogP contribution in [0.2, 0.25) is 5.02 Å². The molecule has 3 aliphatic heterocycles. The molecule has 53 heavy (non-hydrogen) atoms. The summed E-state index contributed by atoms with van der Waals surface area (Å²) >= 11 is 6.48. The number of amides is 2. The SMILES string of the molecule is COC1CCn2cc(C(=O)NS3(=O)=NC(=O)c4ccc5c(c4)N(Cc4ccc(Cl)cc4CCCCO5)C[C@@H]4CC[C@H]4[C@@H](OC)/C=C/C[C@H](C)C3)cc2C1. The standard InChI is InChI=1S/C41H51ClN4O6S/c1-27-7-6-9-38(51-3)36-14-11-31(36)24-46-23-30-10-13-33(42)19-28(30)8-4-5-18-52-39-15-12-29(21-37(39)46)40(47)43-53(49,26-27)44-41(48)32-20-34-22-35(50-2)16-17-45(34)25-32/h6,9-10,12-13,15,19-21,25,27,31,35-36,38H,4-5,7-8,11,14,16-18,22-24,26H2,1-3H3,(H,43,44,47,48,49)/b9-6+/t27-,31-,35?,36+,38-,53?/m0/s1. The van der Waals surface area contributed by atoms with E-state index >= 15 is 0 Å². The number of benzene rings is 2. The molecule has 4 aliphatic rings. The molecule has 1 aliphatic carbocycles. The van der Waals surface area contributed by atoms with Crippen molar-refractivity contribution in [3.63, 3.8) is 0 Å². The van der Waals surface area contributed by atoms with Crippen LogP contribution in [0.4, 0.5) is 5.69 Å². The highest BCUT2D eigenvalue weighted by Gasteiger charge is 2.38. The van der Waals surface area contributed by atoms with E-state index in [0.717, 1.165) is 63.0 Å². The fourth-order valence-electron chi connectivity index (χ4n) is 8.26. The molecule has 6 atom stereocenters. The van der Waals surface area contributed by atoms with Crippen molar-refractivity contribution in [2.24, 2.45) is 22.1 Å². The van der Waals surface area contributed by atoms with Crippen LogP contribution in [-0.4, -0.2) is 65.9 Å². The number of aryl methyl sites for hydroxylation is 2. The molecule has 4 heterocycles. The van der Waals surface area contributed by atoms with Crippen molar-refractivity contribution in [3.05, 3.63) is 93.8 Å². The molecule has 2 bridgehead atoms. The van der Waals surface area contributed by atoms with E-state index in [1.807, 2.05) is 35.8 Å². The molecule has 0 radical (unpaired) electrons. The lowest BCUT2D eigenvalue weighted by atomic mass is 9.70. The molecule has 1 fully saturated rings. The number of carbonyl (C=O) groups is 2. The van der Waals surface area contributed by atoms with Gasteiger partial charge in [0.2, 0.25) is 0 Å². The number of fused-ring (bicyclic) bond motifs is 4. The smallest absolute Gasteiger partial charge is 0.286 e. The fourth-order valence-corrected chi connectivity index (χ4v) is 10.3. The van der Waals surface area contributed by atoms with Crippen molar-refractivity contribution in [2.75, 3.05) is 38.0 Å². The first-order chi connectivity index (χ1) is 25.6. The van der Waals surface area contributed by atoms with E-state index in [0.29, 0.717) is 54.2 Å². The minimum absolute atomic E-state index is 0.0113. The maximum atomic E-state index is 14.7. The van der Waals surface area contributed by atoms with Crippen LogP contribution < -0.4 is 14.4 Å². The molecule has 284 valence electrons. The normalized spacial score (nSPS) is 28.4. The van der Waals surface area contributed by atoms with E-state index in [1.165, 1.54) is 11.1 Å². The second-order valence-corrected chi connectivity index (χ2v) is 17.6. The maximum absolute atomic E-state index is 14.7. The van der Waals surface area contributed by atoms with Gasteiger partial charge < -0.3 is 23.7 Å². The van der Waals surface area contributed by atoms with Gasteiger partial charge in [-0.1, -0.05) is 36.7 Å². The second-order valence-electron chi connectivity index (χ2n) is 15.2. The van der Waals surface area contributed by atoms with Gasteiger partial charge in [-0.15, -0.1) is 4.36 Å². The zero-order chi connectivity index (χ0) is 37.1. The summed E-state index contributed by atoms with van der Waals surface area (Å²) in [6, 6.07) is 13.3. The number of nitrogens with one attached hydrogen (secondary N) is 1. The van der Waals surface area contributed by atoms with Crippen LogP contribution in [0.5, 0.6) is 5.75 Å². The van der Waals surface area contributed by atoms with Crippen LogP contribution in [0.1, 0.15) is 83.0 Å². The Morgan fingerprint density at radius 2 is 1.92 bits per heavy atom. The Balaban J connectivity index is 1.28. The number of hydrogen-bond acceptors (Lipinski definition) is 7. The Kier molecular flexibility index (Phi) is 11.6. The van der Waals surface area contributed by atoms with Gasteiger partial charge in [0.1, 0.15) is 15.7 Å². The van der Waals surface area contributed by atoms with Crippen LogP contribution in [0.25, 0.3) is 0 Å². The average Bonchev–Trinajstić information content (AvgIpc) is 3.55. The Morgan fingerprint density at radius 1 is 1.06 bits per heavy atom. The monoisotopic (exact) mass is 762 g/mol. The third-order valence-corrected chi connectivity index (χ3v) is 13.6. The van der Waals surface area contributed by atoms with E-state index in [-0.39, 0.29) is 29.4 Å². The first-order valence-electron chi connectivity index (χ1n) is 18.9. The van der Waals surface area contributed by atoms with Gasteiger partial charge in [0, 0.05) is 62.8 Å². The second kappa shape index (κ2) is 16.4. The van der Waals surface area contributed by atoms with Crippen molar-refractivity contribution in [3.8, 4) is 5.75 Å². The number of anilines is 1. The summed E-state index contributed by atoms with van der Waals surface area (Å²) in [7, 11) is -0.0870. The average molecular weight is 763 g/mol. The lowest BCUT2D eigenvalue weighted by Crippen LogP contribution is -2.43. The van der Waals surface area contributed by atoms with Gasteiger partial charge in [-0.3, -0.25) is 14.3 Å². The lowest BCUT2D eigenvalue weighted by Gasteiger charge is -2.43. The van der Waals surface area contributed by atoms with E-state index in [4.69, 9.17) is 25.8 Å². The number of carbonyl (C=O) groups excluding carboxylic acids is 2. The van der Waals surface area contributed by atoms with Crippen molar-refractivity contribution < 1.29 is 28.0 Å². The van der Waals surface area contributed by atoms with E-state index in [2.05, 4.69) is 38.3 Å². The number of methoxy groups -OCH3 is 2. The summed E-state index contributed by atoms with van der Waals surface area (Å²) in [6.45, 7) is 4.57. The molecular formula is C41H51ClN4O6S. The highest BCUT2D eigenvalue weighted by molar-refractivity contribution is 7.92. The molecule has 10 nitrogen and oxygen atoms in total. The van der Waals surface area contributed by atoms with Crippen LogP contribution >= 0.6 is 11.6 Å². The van der Waals surface area contributed by atoms with Gasteiger partial charge in [-0.05, 0) is 110 Å². The largest absolute Gasteiger partial charge is 0.491 e. The van der Waals surface area contributed by atoms with Gasteiger partial charge in [-0.2, -0.15) is 0 Å². The number of halogens is 1. The summed E-state index contributed by atoms with van der Waals surface area (Å²) in [5.41, 5.74) is 4.84. The maximum Gasteiger partial charge on any atom is 0.286 e. The molecule has 1 N–H and O–H groups in total. The lowest BCUT2D eigenvalue weighted by molar-refractivity contribution is 0.0133. The van der Waals surface area contributed by atoms with Gasteiger partial charge in [0.05, 0.1) is 35.8 Å². The highest BCUT2D eigenvalue weighted by Crippen LogP contribution is 2.42. The summed E-state index contributed by atoms with van der Waals surface area (Å²) < 4.78 is 41.8. The molecule has 2 aromatic carbocycles. The molecule has 0 spiro atoms. The summed E-state index contributed by atoms with van der Waals surface area (Å²) in [6.07, 6.45) is 13.0. The zero-order valence-electron chi connectivity index (χ0n) is 30.9. The molecule has 2 amide bonds. The van der Waals surface area contributed by atoms with Crippen LogP contribution in [-0.2, 0) is 45.3 Å². The van der Waals surface area contributed by atoms with Gasteiger partial charge >= 0.3 is 0 Å². The number of ether oxygens (including phenoxy) is 3. The van der Waals surface area contributed by atoms with Gasteiger partial charge in [0.25, 0.3) is 11.8 Å². The highest BCUT2D eigenvalue weighted by atomic mass is 35.5. The number of rotatable bonds is 4. The zero-order valence-corrected chi connectivity index (χ0v) is 32.5. The third kappa shape index (κ3) is 8.69. The van der Waals surface area contributed by atoms with Crippen molar-refractivity contribution >= 4 is 39.0 Å². The molecule has 3 aromatic rings. The summed E-state index contributed by atoms with van der Waals surface area (Å²) in [4.78, 5) is 30.2. The van der Waals surface area contributed by atoms with Gasteiger partial charge in [0.15, 0.2) is 0 Å². The predicted octanol–water partition coefficient (Wildman–Crippen LogP) is 7.41. The van der Waals surface area contributed by atoms with Crippen molar-refractivity contribution in [1.82, 2.24) is 9.29 Å². The summed E-state index contributed by atoms with van der Waals surface area (Å²) in [5.74, 6) is 0.0778. The molecular weight excluding hydrogens is 712 g/mol. The predicted molar refractivity (Wildman–Crippen MR) is 208 cm³/mol. The molecule has 12 heteroatoms. The molecule has 0 saturated heterocycles. The van der Waals surface area contributed by atoms with Crippen LogP contribution in [0.3, 0.4) is 0 Å². The minimum Gasteiger partial charge on any atom is -0.491 e. The van der Waals surface area contributed by atoms with Crippen LogP contribution in [0, 0.1) is 17.8 Å². The number of aromatic nitrogens is 1. The topological polar surface area (TPSA) is 111 Å². The van der Waals surface area contributed by atoms with Gasteiger partial charge in [-0.25, -0.2) is 4.21 Å². The molecule has 1 saturated carbocycles. The Labute approximate surface area is 318 Å². The first kappa shape index (κ1) is 37.7. The number of nitrogens with zero attached hydrogens (tertiary/aromatic N) is 3. The number of hydrogen-bond donors (Lipinski definition) is 1. The van der Waals surface area contributed by atoms with Crippen molar-refractivity contribution in [1.29, 1.82) is 0 Å². The summed E-state index contributed by atoms with van der Waals surface area (Å²) in [5, 5.41) is 0.716. The molecule has 1 aromatic heterocycles. The van der Waals surface area contributed by atoms with E-state index in [9.17, 15) is 13.8 Å².